The van der Waals surface area contributed by atoms with Gasteiger partial charge in [-0.1, -0.05) is 84.1 Å². The number of thioether (sulfide) groups is 1. The predicted octanol–water partition coefficient (Wildman–Crippen LogP) is 5.67. The van der Waals surface area contributed by atoms with Gasteiger partial charge in [-0.05, 0) is 31.5 Å². The summed E-state index contributed by atoms with van der Waals surface area (Å²) in [6.07, 6.45) is 0. The Morgan fingerprint density at radius 2 is 1.68 bits per heavy atom. The molecule has 31 heavy (non-hydrogen) atoms. The number of hydrogen-bond acceptors (Lipinski definition) is 4. The fourth-order valence-corrected chi connectivity index (χ4v) is 4.26. The molecule has 0 saturated heterocycles. The number of aryl methyl sites for hydroxylation is 1. The van der Waals surface area contributed by atoms with Crippen LogP contribution in [-0.2, 0) is 11.3 Å². The van der Waals surface area contributed by atoms with E-state index in [9.17, 15) is 4.79 Å². The lowest BCUT2D eigenvalue weighted by Gasteiger charge is -2.11. The van der Waals surface area contributed by atoms with Gasteiger partial charge in [0.2, 0.25) is 5.91 Å². The number of rotatable bonds is 7. The van der Waals surface area contributed by atoms with E-state index in [0.717, 1.165) is 39.9 Å². The van der Waals surface area contributed by atoms with Gasteiger partial charge in [-0.3, -0.25) is 4.79 Å². The van der Waals surface area contributed by atoms with Crippen molar-refractivity contribution >= 4 is 23.4 Å². The van der Waals surface area contributed by atoms with Crippen LogP contribution >= 0.6 is 11.8 Å². The molecule has 1 N–H and O–H groups in total. The third-order valence-corrected chi connectivity index (χ3v) is 5.89. The summed E-state index contributed by atoms with van der Waals surface area (Å²) in [6.45, 7) is 4.85. The Hall–Kier alpha value is -3.38. The van der Waals surface area contributed by atoms with Crippen LogP contribution in [0.25, 0.3) is 22.5 Å². The highest BCUT2D eigenvalue weighted by atomic mass is 32.2. The number of aromatic nitrogens is 3. The number of nitrogens with one attached hydrogen (secondary N) is 1. The van der Waals surface area contributed by atoms with Crippen molar-refractivity contribution in [3.05, 3.63) is 84.4 Å². The predicted molar refractivity (Wildman–Crippen MR) is 127 cm³/mol. The standard InChI is InChI=1S/C25H24N4OS/c1-3-29-24(20-13-9-10-18(2)16-20)27-28-25(29)31-17-23(30)26-22-15-8-7-14-21(22)19-11-5-4-6-12-19/h4-16H,3,17H2,1-2H3,(H,26,30). The Kier molecular flexibility index (Phi) is 6.48. The molecule has 0 aliphatic heterocycles. The van der Waals surface area contributed by atoms with Gasteiger partial charge in [0.1, 0.15) is 0 Å². The summed E-state index contributed by atoms with van der Waals surface area (Å²) >= 11 is 1.40. The largest absolute Gasteiger partial charge is 0.325 e. The highest BCUT2D eigenvalue weighted by Crippen LogP contribution is 2.28. The van der Waals surface area contributed by atoms with Crippen LogP contribution in [0.3, 0.4) is 0 Å². The Morgan fingerprint density at radius 3 is 2.45 bits per heavy atom. The summed E-state index contributed by atoms with van der Waals surface area (Å²) in [5.41, 5.74) is 5.08. The second-order valence-electron chi connectivity index (χ2n) is 7.17. The Bertz CT molecular complexity index is 1190. The maximum absolute atomic E-state index is 12.7. The molecule has 1 heterocycles. The Balaban J connectivity index is 1.47. The first-order chi connectivity index (χ1) is 15.2. The number of carbonyl (C=O) groups is 1. The molecule has 0 spiro atoms. The fourth-order valence-electron chi connectivity index (χ4n) is 3.46. The summed E-state index contributed by atoms with van der Waals surface area (Å²) in [7, 11) is 0. The monoisotopic (exact) mass is 428 g/mol. The molecule has 0 aliphatic rings. The van der Waals surface area contributed by atoms with E-state index in [1.54, 1.807) is 0 Å². The first-order valence-corrected chi connectivity index (χ1v) is 11.2. The summed E-state index contributed by atoms with van der Waals surface area (Å²) in [5, 5.41) is 12.5. The highest BCUT2D eigenvalue weighted by Gasteiger charge is 2.15. The molecule has 0 radical (unpaired) electrons. The van der Waals surface area contributed by atoms with E-state index in [1.165, 1.54) is 17.3 Å². The lowest BCUT2D eigenvalue weighted by molar-refractivity contribution is -0.113. The van der Waals surface area contributed by atoms with Crippen LogP contribution in [0.1, 0.15) is 12.5 Å². The van der Waals surface area contributed by atoms with E-state index in [0.29, 0.717) is 0 Å². The van der Waals surface area contributed by atoms with Gasteiger partial charge in [-0.15, -0.1) is 10.2 Å². The van der Waals surface area contributed by atoms with Crippen molar-refractivity contribution in [3.63, 3.8) is 0 Å². The molecule has 1 amide bonds. The quantitative estimate of drug-likeness (QED) is 0.385. The summed E-state index contributed by atoms with van der Waals surface area (Å²) in [6, 6.07) is 26.1. The molecular formula is C25H24N4OS. The van der Waals surface area contributed by atoms with Gasteiger partial charge >= 0.3 is 0 Å². The number of hydrogen-bond donors (Lipinski definition) is 1. The third kappa shape index (κ3) is 4.86. The minimum absolute atomic E-state index is 0.0730. The molecule has 156 valence electrons. The zero-order valence-electron chi connectivity index (χ0n) is 17.6. The highest BCUT2D eigenvalue weighted by molar-refractivity contribution is 7.99. The van der Waals surface area contributed by atoms with Crippen LogP contribution in [0.4, 0.5) is 5.69 Å². The molecule has 0 unspecified atom stereocenters. The maximum Gasteiger partial charge on any atom is 0.234 e. The van der Waals surface area contributed by atoms with Crippen molar-refractivity contribution in [1.82, 2.24) is 14.8 Å². The van der Waals surface area contributed by atoms with E-state index in [-0.39, 0.29) is 11.7 Å². The summed E-state index contributed by atoms with van der Waals surface area (Å²) < 4.78 is 2.05. The molecule has 0 saturated carbocycles. The normalized spacial score (nSPS) is 10.8. The van der Waals surface area contributed by atoms with Crippen molar-refractivity contribution in [1.29, 1.82) is 0 Å². The third-order valence-electron chi connectivity index (χ3n) is 4.93. The molecule has 0 atom stereocenters. The van der Waals surface area contributed by atoms with Gasteiger partial charge in [0.25, 0.3) is 0 Å². The van der Waals surface area contributed by atoms with E-state index < -0.39 is 0 Å². The first kappa shape index (κ1) is 20.9. The van der Waals surface area contributed by atoms with Crippen LogP contribution < -0.4 is 5.32 Å². The van der Waals surface area contributed by atoms with Gasteiger partial charge in [0, 0.05) is 23.4 Å². The van der Waals surface area contributed by atoms with Crippen molar-refractivity contribution in [2.75, 3.05) is 11.1 Å². The summed E-state index contributed by atoms with van der Waals surface area (Å²) in [5.74, 6) is 1.01. The number of anilines is 1. The minimum atomic E-state index is -0.0730. The van der Waals surface area contributed by atoms with Gasteiger partial charge in [0.05, 0.1) is 5.75 Å². The van der Waals surface area contributed by atoms with Crippen molar-refractivity contribution in [2.24, 2.45) is 0 Å². The molecule has 5 nitrogen and oxygen atoms in total. The summed E-state index contributed by atoms with van der Waals surface area (Å²) in [4.78, 5) is 12.7. The average molecular weight is 429 g/mol. The lowest BCUT2D eigenvalue weighted by atomic mass is 10.0. The smallest absolute Gasteiger partial charge is 0.234 e. The van der Waals surface area contributed by atoms with Crippen LogP contribution in [0.15, 0.2) is 84.0 Å². The maximum atomic E-state index is 12.7. The molecule has 0 bridgehead atoms. The zero-order chi connectivity index (χ0) is 21.6. The molecular weight excluding hydrogens is 404 g/mol. The van der Waals surface area contributed by atoms with E-state index in [1.807, 2.05) is 71.3 Å². The lowest BCUT2D eigenvalue weighted by Crippen LogP contribution is -2.15. The minimum Gasteiger partial charge on any atom is -0.325 e. The van der Waals surface area contributed by atoms with E-state index in [4.69, 9.17) is 0 Å². The molecule has 4 rings (SSSR count). The first-order valence-electron chi connectivity index (χ1n) is 10.2. The van der Waals surface area contributed by atoms with Crippen molar-refractivity contribution in [3.8, 4) is 22.5 Å². The average Bonchev–Trinajstić information content (AvgIpc) is 3.22. The van der Waals surface area contributed by atoms with Crippen molar-refractivity contribution < 1.29 is 4.79 Å². The van der Waals surface area contributed by atoms with Gasteiger partial charge < -0.3 is 9.88 Å². The van der Waals surface area contributed by atoms with Gasteiger partial charge in [-0.25, -0.2) is 0 Å². The number of benzene rings is 3. The molecule has 3 aromatic carbocycles. The number of amides is 1. The number of para-hydroxylation sites is 1. The van der Waals surface area contributed by atoms with Crippen LogP contribution in [0.5, 0.6) is 0 Å². The Morgan fingerprint density at radius 1 is 0.935 bits per heavy atom. The molecule has 0 aliphatic carbocycles. The topological polar surface area (TPSA) is 59.8 Å². The van der Waals surface area contributed by atoms with Crippen LogP contribution in [0, 0.1) is 6.92 Å². The van der Waals surface area contributed by atoms with Gasteiger partial charge in [0.15, 0.2) is 11.0 Å². The SMILES string of the molecule is CCn1c(SCC(=O)Nc2ccccc2-c2ccccc2)nnc1-c1cccc(C)c1. The number of nitrogens with zero attached hydrogens (tertiary/aromatic N) is 3. The molecule has 1 aromatic heterocycles. The van der Waals surface area contributed by atoms with E-state index >= 15 is 0 Å². The van der Waals surface area contributed by atoms with Crippen LogP contribution in [0.2, 0.25) is 0 Å². The zero-order valence-corrected chi connectivity index (χ0v) is 18.4. The number of carbonyl (C=O) groups excluding carboxylic acids is 1. The van der Waals surface area contributed by atoms with Crippen molar-refractivity contribution in [2.45, 2.75) is 25.5 Å². The molecule has 6 heteroatoms. The second-order valence-corrected chi connectivity index (χ2v) is 8.11. The Labute approximate surface area is 186 Å². The molecule has 0 fully saturated rings. The second kappa shape index (κ2) is 9.62. The van der Waals surface area contributed by atoms with Crippen LogP contribution in [-0.4, -0.2) is 26.4 Å². The van der Waals surface area contributed by atoms with Gasteiger partial charge in [-0.2, -0.15) is 0 Å². The molecule has 4 aromatic rings. The van der Waals surface area contributed by atoms with E-state index in [2.05, 4.69) is 41.5 Å². The fraction of sp³-hybridized carbons (Fsp3) is 0.160.